The zero-order chi connectivity index (χ0) is 19.2. The Morgan fingerprint density at radius 1 is 0.778 bits per heavy atom. The Morgan fingerprint density at radius 2 is 1.22 bits per heavy atom. The van der Waals surface area contributed by atoms with Gasteiger partial charge in [0.2, 0.25) is 0 Å². The first kappa shape index (κ1) is 18.5. The Hall–Kier alpha value is -3.27. The van der Waals surface area contributed by atoms with E-state index in [0.29, 0.717) is 0 Å². The molecule has 0 aliphatic heterocycles. The molecule has 0 radical (unpaired) electrons. The molecule has 4 heteroatoms. The van der Waals surface area contributed by atoms with Crippen LogP contribution < -0.4 is 15.2 Å². The van der Waals surface area contributed by atoms with E-state index in [-0.39, 0.29) is 11.8 Å². The van der Waals surface area contributed by atoms with Crippen LogP contribution in [-0.2, 0) is 6.42 Å². The minimum Gasteiger partial charge on any atom is -0.497 e. The van der Waals surface area contributed by atoms with Crippen LogP contribution in [-0.4, -0.2) is 20.1 Å². The molecule has 0 spiro atoms. The minimum absolute atomic E-state index is 0.0865. The Balaban J connectivity index is 1.93. The average molecular weight is 360 g/mol. The third-order valence-electron chi connectivity index (χ3n) is 4.74. The van der Waals surface area contributed by atoms with Crippen molar-refractivity contribution in [3.8, 4) is 11.5 Å². The highest BCUT2D eigenvalue weighted by atomic mass is 16.5. The largest absolute Gasteiger partial charge is 0.497 e. The highest BCUT2D eigenvalue weighted by molar-refractivity contribution is 5.94. The maximum atomic E-state index is 7.55. The molecule has 0 saturated carbocycles. The molecule has 3 aromatic carbocycles. The molecule has 0 saturated heterocycles. The van der Waals surface area contributed by atoms with Crippen LogP contribution in [0.4, 0.5) is 0 Å². The van der Waals surface area contributed by atoms with E-state index in [2.05, 4.69) is 24.3 Å². The molecule has 138 valence electrons. The summed E-state index contributed by atoms with van der Waals surface area (Å²) in [4.78, 5) is 0. The number of ether oxygens (including phenoxy) is 2. The summed E-state index contributed by atoms with van der Waals surface area (Å²) in [6.45, 7) is 0. The van der Waals surface area contributed by atoms with Crippen LogP contribution in [0.25, 0.3) is 0 Å². The summed E-state index contributed by atoms with van der Waals surface area (Å²) in [6, 6.07) is 24.3. The van der Waals surface area contributed by atoms with Crippen molar-refractivity contribution in [2.24, 2.45) is 5.73 Å². The van der Waals surface area contributed by atoms with E-state index in [9.17, 15) is 0 Å². The molecule has 0 bridgehead atoms. The summed E-state index contributed by atoms with van der Waals surface area (Å²) < 4.78 is 10.6. The van der Waals surface area contributed by atoms with Crippen LogP contribution in [0.2, 0.25) is 0 Å². The van der Waals surface area contributed by atoms with Gasteiger partial charge in [-0.15, -0.1) is 0 Å². The summed E-state index contributed by atoms with van der Waals surface area (Å²) in [5, 5.41) is 7.55. The van der Waals surface area contributed by atoms with Crippen LogP contribution in [0.1, 0.15) is 28.2 Å². The number of rotatable bonds is 7. The van der Waals surface area contributed by atoms with Crippen molar-refractivity contribution in [3.63, 3.8) is 0 Å². The molecule has 0 heterocycles. The molecule has 0 unspecified atom stereocenters. The van der Waals surface area contributed by atoms with E-state index in [0.717, 1.165) is 23.5 Å². The molecular weight excluding hydrogens is 336 g/mol. The second kappa shape index (κ2) is 8.41. The zero-order valence-electron chi connectivity index (χ0n) is 15.6. The van der Waals surface area contributed by atoms with Gasteiger partial charge in [-0.2, -0.15) is 0 Å². The summed E-state index contributed by atoms with van der Waals surface area (Å²) in [5.41, 5.74) is 9.93. The van der Waals surface area contributed by atoms with E-state index < -0.39 is 0 Å². The fraction of sp³-hybridized carbons (Fsp3) is 0.174. The number of hydrogen-bond donors (Lipinski definition) is 2. The third kappa shape index (κ3) is 4.47. The van der Waals surface area contributed by atoms with Crippen molar-refractivity contribution in [2.45, 2.75) is 12.3 Å². The lowest BCUT2D eigenvalue weighted by atomic mass is 9.85. The summed E-state index contributed by atoms with van der Waals surface area (Å²) >= 11 is 0. The summed E-state index contributed by atoms with van der Waals surface area (Å²) in [7, 11) is 3.35. The number of hydrogen-bond acceptors (Lipinski definition) is 3. The minimum atomic E-state index is 0.0865. The van der Waals surface area contributed by atoms with Crippen LogP contribution in [0.15, 0.2) is 72.8 Å². The Bertz CT molecular complexity index is 838. The van der Waals surface area contributed by atoms with Crippen LogP contribution >= 0.6 is 0 Å². The van der Waals surface area contributed by atoms with Crippen molar-refractivity contribution in [1.82, 2.24) is 0 Å². The lowest BCUT2D eigenvalue weighted by Gasteiger charge is -2.19. The van der Waals surface area contributed by atoms with Crippen LogP contribution in [0, 0.1) is 5.41 Å². The molecule has 0 amide bonds. The smallest absolute Gasteiger partial charge is 0.122 e. The molecule has 27 heavy (non-hydrogen) atoms. The van der Waals surface area contributed by atoms with Gasteiger partial charge in [-0.1, -0.05) is 48.5 Å². The fourth-order valence-electron chi connectivity index (χ4n) is 3.16. The zero-order valence-corrected chi connectivity index (χ0v) is 15.6. The Morgan fingerprint density at radius 3 is 1.59 bits per heavy atom. The van der Waals surface area contributed by atoms with E-state index in [1.807, 2.05) is 48.5 Å². The molecule has 0 aliphatic rings. The van der Waals surface area contributed by atoms with Gasteiger partial charge in [-0.25, -0.2) is 0 Å². The first-order valence-corrected chi connectivity index (χ1v) is 8.82. The van der Waals surface area contributed by atoms with Gasteiger partial charge in [0.25, 0.3) is 0 Å². The summed E-state index contributed by atoms with van der Waals surface area (Å²) in [5.74, 6) is 1.98. The quantitative estimate of drug-likeness (QED) is 0.486. The van der Waals surface area contributed by atoms with Gasteiger partial charge in [-0.05, 0) is 47.4 Å². The topological polar surface area (TPSA) is 68.3 Å². The van der Waals surface area contributed by atoms with Gasteiger partial charge in [0.05, 0.1) is 14.2 Å². The van der Waals surface area contributed by atoms with Gasteiger partial charge in [0.1, 0.15) is 17.3 Å². The van der Waals surface area contributed by atoms with Gasteiger partial charge < -0.3 is 15.2 Å². The fourth-order valence-corrected chi connectivity index (χ4v) is 3.16. The molecule has 4 nitrogen and oxygen atoms in total. The predicted molar refractivity (Wildman–Crippen MR) is 109 cm³/mol. The number of nitrogens with two attached hydrogens (primary N) is 1. The maximum absolute atomic E-state index is 7.55. The molecule has 0 aromatic heterocycles. The highest BCUT2D eigenvalue weighted by Gasteiger charge is 2.16. The lowest BCUT2D eigenvalue weighted by Crippen LogP contribution is -2.11. The van der Waals surface area contributed by atoms with E-state index in [1.165, 1.54) is 16.7 Å². The Kier molecular flexibility index (Phi) is 5.77. The third-order valence-corrected chi connectivity index (χ3v) is 4.74. The van der Waals surface area contributed by atoms with E-state index in [4.69, 9.17) is 20.6 Å². The van der Waals surface area contributed by atoms with Crippen LogP contribution in [0.5, 0.6) is 11.5 Å². The molecule has 0 atom stereocenters. The molecular formula is C23H24N2O2. The van der Waals surface area contributed by atoms with Crippen molar-refractivity contribution >= 4 is 5.84 Å². The second-order valence-corrected chi connectivity index (χ2v) is 6.41. The van der Waals surface area contributed by atoms with Crippen molar-refractivity contribution in [2.75, 3.05) is 14.2 Å². The number of amidine groups is 1. The first-order valence-electron chi connectivity index (χ1n) is 8.82. The van der Waals surface area contributed by atoms with E-state index in [1.54, 1.807) is 14.2 Å². The number of nitrogen functional groups attached to an aromatic ring is 1. The average Bonchev–Trinajstić information content (AvgIpc) is 2.72. The number of nitrogens with one attached hydrogen (secondary N) is 1. The highest BCUT2D eigenvalue weighted by Crippen LogP contribution is 2.31. The molecule has 0 fully saturated rings. The monoisotopic (exact) mass is 360 g/mol. The molecule has 3 aromatic rings. The van der Waals surface area contributed by atoms with Crippen LogP contribution in [0.3, 0.4) is 0 Å². The SMILES string of the molecule is COc1ccc(C(Cc2ccc(C(=N)N)cc2)c2ccc(OC)cc2)cc1. The van der Waals surface area contributed by atoms with Gasteiger partial charge in [0.15, 0.2) is 0 Å². The van der Waals surface area contributed by atoms with Crippen molar-refractivity contribution in [3.05, 3.63) is 95.1 Å². The standard InChI is InChI=1S/C23H24N2O2/c1-26-20-11-7-17(8-12-20)22(18-9-13-21(27-2)14-10-18)15-16-3-5-19(6-4-16)23(24)25/h3-14,22H,15H2,1-2H3,(H3,24,25). The van der Waals surface area contributed by atoms with Gasteiger partial charge in [-0.3, -0.25) is 5.41 Å². The second-order valence-electron chi connectivity index (χ2n) is 6.41. The maximum Gasteiger partial charge on any atom is 0.122 e. The Labute approximate surface area is 160 Å². The van der Waals surface area contributed by atoms with Crippen molar-refractivity contribution in [1.29, 1.82) is 5.41 Å². The predicted octanol–water partition coefficient (Wildman–Crippen LogP) is 4.36. The molecule has 3 rings (SSSR count). The van der Waals surface area contributed by atoms with Gasteiger partial charge in [0, 0.05) is 11.5 Å². The summed E-state index contributed by atoms with van der Waals surface area (Å²) in [6.07, 6.45) is 0.844. The molecule has 0 aliphatic carbocycles. The normalized spacial score (nSPS) is 10.6. The molecule has 3 N–H and O–H groups in total. The number of benzene rings is 3. The van der Waals surface area contributed by atoms with Gasteiger partial charge >= 0.3 is 0 Å². The van der Waals surface area contributed by atoms with Crippen molar-refractivity contribution < 1.29 is 9.47 Å². The lowest BCUT2D eigenvalue weighted by molar-refractivity contribution is 0.414. The van der Waals surface area contributed by atoms with E-state index >= 15 is 0 Å². The first-order chi connectivity index (χ1) is 13.1. The number of methoxy groups -OCH3 is 2.